The first kappa shape index (κ1) is 22.4. The van der Waals surface area contributed by atoms with Gasteiger partial charge < -0.3 is 10.1 Å². The van der Waals surface area contributed by atoms with Gasteiger partial charge >= 0.3 is 5.97 Å². The van der Waals surface area contributed by atoms with Crippen molar-refractivity contribution >= 4 is 34.5 Å². The molecule has 0 spiro atoms. The van der Waals surface area contributed by atoms with Crippen molar-refractivity contribution < 1.29 is 23.9 Å². The van der Waals surface area contributed by atoms with Gasteiger partial charge in [0.2, 0.25) is 5.91 Å². The van der Waals surface area contributed by atoms with Crippen molar-refractivity contribution in [3.63, 3.8) is 0 Å². The number of hydrogen-bond acceptors (Lipinski definition) is 6. The van der Waals surface area contributed by atoms with E-state index in [-0.39, 0.29) is 22.6 Å². The second-order valence-electron chi connectivity index (χ2n) is 6.45. The van der Waals surface area contributed by atoms with Crippen LogP contribution < -0.4 is 5.32 Å². The largest absolute Gasteiger partial charge is 0.467 e. The lowest BCUT2D eigenvalue weighted by Gasteiger charge is -2.16. The number of amides is 1. The molecule has 7 heteroatoms. The van der Waals surface area contributed by atoms with E-state index in [9.17, 15) is 19.2 Å². The zero-order valence-electron chi connectivity index (χ0n) is 16.5. The van der Waals surface area contributed by atoms with Gasteiger partial charge in [0.05, 0.1) is 13.0 Å². The molecule has 2 aromatic rings. The molecule has 1 unspecified atom stereocenters. The minimum absolute atomic E-state index is 0.0675. The number of rotatable bonds is 8. The third-order valence-electron chi connectivity index (χ3n) is 4.29. The highest BCUT2D eigenvalue weighted by atomic mass is 32.2. The summed E-state index contributed by atoms with van der Waals surface area (Å²) in [4.78, 5) is 48.2. The lowest BCUT2D eigenvalue weighted by atomic mass is 9.96. The molecule has 2 atom stereocenters. The van der Waals surface area contributed by atoms with Crippen LogP contribution in [0.2, 0.25) is 0 Å². The topological polar surface area (TPSA) is 89.5 Å². The quantitative estimate of drug-likeness (QED) is 0.529. The van der Waals surface area contributed by atoms with Crippen LogP contribution in [0, 0.1) is 0 Å². The van der Waals surface area contributed by atoms with Crippen molar-refractivity contribution in [1.82, 2.24) is 5.32 Å². The number of nitrogens with one attached hydrogen (secondary N) is 1. The van der Waals surface area contributed by atoms with Gasteiger partial charge in [0.1, 0.15) is 6.04 Å². The molecule has 0 saturated carbocycles. The Morgan fingerprint density at radius 3 is 2.28 bits per heavy atom. The maximum absolute atomic E-state index is 12.6. The van der Waals surface area contributed by atoms with Crippen LogP contribution in [0.25, 0.3) is 0 Å². The molecule has 0 heterocycles. The summed E-state index contributed by atoms with van der Waals surface area (Å²) < 4.78 is 4.66. The number of carbonyl (C=O) groups is 4. The average Bonchev–Trinajstić information content (AvgIpc) is 2.75. The van der Waals surface area contributed by atoms with Gasteiger partial charge in [-0.05, 0) is 11.6 Å². The molecule has 0 radical (unpaired) electrons. The van der Waals surface area contributed by atoms with Crippen LogP contribution in [0.1, 0.15) is 41.3 Å². The van der Waals surface area contributed by atoms with Gasteiger partial charge in [-0.1, -0.05) is 67.2 Å². The highest BCUT2D eigenvalue weighted by molar-refractivity contribution is 8.13. The van der Waals surface area contributed by atoms with E-state index >= 15 is 0 Å². The Morgan fingerprint density at radius 1 is 1.00 bits per heavy atom. The maximum Gasteiger partial charge on any atom is 0.329 e. The second-order valence-corrected chi connectivity index (χ2v) is 7.47. The Labute approximate surface area is 174 Å². The summed E-state index contributed by atoms with van der Waals surface area (Å²) in [5.74, 6) is -1.52. The summed E-state index contributed by atoms with van der Waals surface area (Å²) in [5.41, 5.74) is 1.79. The summed E-state index contributed by atoms with van der Waals surface area (Å²) in [6.07, 6.45) is 0. The standard InChI is InChI=1S/C22H23NO5S/c1-14(22(27)29-13-19(21(26)28-3)23-15(2)24)17-10-7-11-18(12-17)20(25)16-8-5-4-6-9-16/h4-12,14,19H,13H2,1-3H3,(H,23,24)/t14?,19-/m0/s1. The molecule has 1 N–H and O–H groups in total. The van der Waals surface area contributed by atoms with E-state index < -0.39 is 17.9 Å². The fourth-order valence-electron chi connectivity index (χ4n) is 2.69. The number of hydrogen-bond donors (Lipinski definition) is 1. The molecule has 0 aliphatic carbocycles. The van der Waals surface area contributed by atoms with Crippen LogP contribution in [-0.4, -0.2) is 41.7 Å². The first-order valence-electron chi connectivity index (χ1n) is 9.04. The number of esters is 1. The number of methoxy groups -OCH3 is 1. The summed E-state index contributed by atoms with van der Waals surface area (Å²) >= 11 is 0.944. The van der Waals surface area contributed by atoms with Crippen LogP contribution in [-0.2, 0) is 19.1 Å². The third-order valence-corrected chi connectivity index (χ3v) is 5.43. The van der Waals surface area contributed by atoms with E-state index in [2.05, 4.69) is 10.1 Å². The summed E-state index contributed by atoms with van der Waals surface area (Å²) in [6, 6.07) is 15.0. The van der Waals surface area contributed by atoms with Gasteiger partial charge in [-0.25, -0.2) is 4.79 Å². The van der Waals surface area contributed by atoms with Crippen molar-refractivity contribution in [2.45, 2.75) is 25.8 Å². The fraction of sp³-hybridized carbons (Fsp3) is 0.273. The number of benzene rings is 2. The first-order valence-corrected chi connectivity index (χ1v) is 10.0. The molecule has 0 aliphatic heterocycles. The minimum Gasteiger partial charge on any atom is -0.467 e. The van der Waals surface area contributed by atoms with E-state index in [0.29, 0.717) is 16.7 Å². The molecule has 29 heavy (non-hydrogen) atoms. The smallest absolute Gasteiger partial charge is 0.329 e. The fourth-order valence-corrected chi connectivity index (χ4v) is 3.62. The number of ether oxygens (including phenoxy) is 1. The molecule has 1 amide bonds. The number of carbonyl (C=O) groups excluding carboxylic acids is 4. The van der Waals surface area contributed by atoms with Crippen LogP contribution in [0.4, 0.5) is 0 Å². The van der Waals surface area contributed by atoms with Gasteiger partial charge in [0, 0.05) is 23.8 Å². The normalized spacial score (nSPS) is 12.5. The van der Waals surface area contributed by atoms with Crippen molar-refractivity contribution in [2.24, 2.45) is 0 Å². The molecule has 0 fully saturated rings. The summed E-state index contributed by atoms with van der Waals surface area (Å²) in [7, 11) is 1.22. The Balaban J connectivity index is 2.08. The first-order chi connectivity index (χ1) is 13.8. The third kappa shape index (κ3) is 6.29. The van der Waals surface area contributed by atoms with E-state index in [4.69, 9.17) is 0 Å². The van der Waals surface area contributed by atoms with E-state index in [1.807, 2.05) is 6.07 Å². The van der Waals surface area contributed by atoms with Gasteiger partial charge in [-0.15, -0.1) is 0 Å². The Bertz CT molecular complexity index is 897. The Morgan fingerprint density at radius 2 is 1.66 bits per heavy atom. The zero-order chi connectivity index (χ0) is 21.4. The highest BCUT2D eigenvalue weighted by Crippen LogP contribution is 2.24. The summed E-state index contributed by atoms with van der Waals surface area (Å²) in [5, 5.41) is 2.30. The van der Waals surface area contributed by atoms with Crippen LogP contribution in [0.3, 0.4) is 0 Å². The average molecular weight is 413 g/mol. The monoisotopic (exact) mass is 413 g/mol. The van der Waals surface area contributed by atoms with Gasteiger partial charge in [-0.3, -0.25) is 14.4 Å². The van der Waals surface area contributed by atoms with Gasteiger partial charge in [-0.2, -0.15) is 0 Å². The van der Waals surface area contributed by atoms with Crippen LogP contribution in [0.5, 0.6) is 0 Å². The molecule has 0 aromatic heterocycles. The molecule has 2 aromatic carbocycles. The number of ketones is 1. The van der Waals surface area contributed by atoms with E-state index in [1.54, 1.807) is 55.5 Å². The van der Waals surface area contributed by atoms with Crippen LogP contribution in [0.15, 0.2) is 54.6 Å². The Kier molecular flexibility index (Phi) is 8.15. The minimum atomic E-state index is -0.898. The molecule has 0 saturated heterocycles. The molecular weight excluding hydrogens is 390 g/mol. The lowest BCUT2D eigenvalue weighted by Crippen LogP contribution is -2.42. The van der Waals surface area contributed by atoms with E-state index in [0.717, 1.165) is 11.8 Å². The SMILES string of the molecule is COC(=O)[C@H](CSC(=O)C(C)c1cccc(C(=O)c2ccccc2)c1)NC(C)=O. The molecular formula is C22H23NO5S. The molecule has 152 valence electrons. The predicted molar refractivity (Wildman–Crippen MR) is 112 cm³/mol. The van der Waals surface area contributed by atoms with Crippen molar-refractivity contribution in [2.75, 3.05) is 12.9 Å². The Hall–Kier alpha value is -2.93. The molecule has 6 nitrogen and oxygen atoms in total. The summed E-state index contributed by atoms with van der Waals surface area (Å²) in [6.45, 7) is 3.04. The molecule has 0 bridgehead atoms. The van der Waals surface area contributed by atoms with Crippen LogP contribution >= 0.6 is 11.8 Å². The second kappa shape index (κ2) is 10.6. The highest BCUT2D eigenvalue weighted by Gasteiger charge is 2.24. The maximum atomic E-state index is 12.6. The lowest BCUT2D eigenvalue weighted by molar-refractivity contribution is -0.144. The zero-order valence-corrected chi connectivity index (χ0v) is 17.3. The van der Waals surface area contributed by atoms with Crippen molar-refractivity contribution in [3.05, 3.63) is 71.3 Å². The van der Waals surface area contributed by atoms with Crippen molar-refractivity contribution in [3.8, 4) is 0 Å². The molecule has 2 rings (SSSR count). The van der Waals surface area contributed by atoms with Gasteiger partial charge in [0.15, 0.2) is 10.9 Å². The van der Waals surface area contributed by atoms with Crippen molar-refractivity contribution in [1.29, 1.82) is 0 Å². The molecule has 0 aliphatic rings. The van der Waals surface area contributed by atoms with E-state index in [1.165, 1.54) is 14.0 Å². The van der Waals surface area contributed by atoms with Gasteiger partial charge in [0.25, 0.3) is 0 Å². The number of thioether (sulfide) groups is 1. The predicted octanol–water partition coefficient (Wildman–Crippen LogP) is 2.96.